The van der Waals surface area contributed by atoms with Crippen LogP contribution in [0.2, 0.25) is 5.15 Å². The van der Waals surface area contributed by atoms with Crippen LogP contribution in [0.5, 0.6) is 0 Å². The van der Waals surface area contributed by atoms with Crippen molar-refractivity contribution in [1.29, 1.82) is 5.26 Å². The van der Waals surface area contributed by atoms with E-state index in [2.05, 4.69) is 11.2 Å². The van der Waals surface area contributed by atoms with Crippen LogP contribution in [0.15, 0.2) is 0 Å². The van der Waals surface area contributed by atoms with Gasteiger partial charge in [0.25, 0.3) is 0 Å². The van der Waals surface area contributed by atoms with Crippen LogP contribution in [0.3, 0.4) is 0 Å². The summed E-state index contributed by atoms with van der Waals surface area (Å²) >= 11 is 6.12. The normalized spacial score (nSPS) is 16.7. The second-order valence-electron chi connectivity index (χ2n) is 5.00. The second-order valence-corrected chi connectivity index (χ2v) is 7.62. The van der Waals surface area contributed by atoms with Crippen molar-refractivity contribution in [3.05, 3.63) is 16.4 Å². The van der Waals surface area contributed by atoms with Crippen LogP contribution in [-0.2, 0) is 16.4 Å². The molecule has 0 N–H and O–H groups in total. The number of halogens is 1. The summed E-state index contributed by atoms with van der Waals surface area (Å²) in [5.74, 6) is 0.259. The van der Waals surface area contributed by atoms with Gasteiger partial charge in [0.15, 0.2) is 0 Å². The molecule has 1 aromatic rings. The lowest BCUT2D eigenvalue weighted by molar-refractivity contribution is 0.579. The molecule has 0 aromatic carbocycles. The third kappa shape index (κ3) is 3.28. The molecule has 1 fully saturated rings. The van der Waals surface area contributed by atoms with Gasteiger partial charge in [0, 0.05) is 12.2 Å². The van der Waals surface area contributed by atoms with Crippen molar-refractivity contribution in [2.45, 2.75) is 38.1 Å². The lowest BCUT2D eigenvalue weighted by Gasteiger charge is -2.04. The predicted octanol–water partition coefficient (Wildman–Crippen LogP) is 2.11. The lowest BCUT2D eigenvalue weighted by atomic mass is 10.0. The van der Waals surface area contributed by atoms with Gasteiger partial charge in [-0.3, -0.25) is 4.68 Å². The van der Waals surface area contributed by atoms with Crippen molar-refractivity contribution in [2.24, 2.45) is 0 Å². The molecular formula is C12H16ClN3O2S. The van der Waals surface area contributed by atoms with Crippen molar-refractivity contribution >= 4 is 21.4 Å². The molecule has 1 aromatic heterocycles. The lowest BCUT2D eigenvalue weighted by Crippen LogP contribution is -2.12. The Bertz CT molecular complexity index is 610. The highest BCUT2D eigenvalue weighted by atomic mass is 35.5. The van der Waals surface area contributed by atoms with E-state index >= 15 is 0 Å². The van der Waals surface area contributed by atoms with E-state index in [9.17, 15) is 13.7 Å². The summed E-state index contributed by atoms with van der Waals surface area (Å²) < 4.78 is 23.8. The highest BCUT2D eigenvalue weighted by Gasteiger charge is 2.26. The second kappa shape index (κ2) is 5.51. The largest absolute Gasteiger partial charge is 0.251 e. The van der Waals surface area contributed by atoms with Crippen molar-refractivity contribution in [1.82, 2.24) is 9.78 Å². The Morgan fingerprint density at radius 1 is 1.47 bits per heavy atom. The predicted molar refractivity (Wildman–Crippen MR) is 72.9 cm³/mol. The van der Waals surface area contributed by atoms with Crippen LogP contribution in [0.1, 0.15) is 42.9 Å². The van der Waals surface area contributed by atoms with Crippen molar-refractivity contribution in [3.8, 4) is 6.07 Å². The molecule has 0 unspecified atom stereocenters. The maximum absolute atomic E-state index is 11.2. The summed E-state index contributed by atoms with van der Waals surface area (Å²) in [5, 5.41) is 13.8. The Balaban J connectivity index is 2.28. The minimum atomic E-state index is -3.07. The minimum Gasteiger partial charge on any atom is -0.251 e. The molecular weight excluding hydrogens is 286 g/mol. The molecule has 2 rings (SSSR count). The molecule has 0 bridgehead atoms. The topological polar surface area (TPSA) is 75.8 Å². The molecule has 1 saturated carbocycles. The first-order valence-corrected chi connectivity index (χ1v) is 8.70. The molecule has 7 heteroatoms. The molecule has 1 aliphatic carbocycles. The molecule has 0 spiro atoms. The van der Waals surface area contributed by atoms with E-state index in [4.69, 9.17) is 11.6 Å². The van der Waals surface area contributed by atoms with E-state index in [0.29, 0.717) is 5.56 Å². The summed E-state index contributed by atoms with van der Waals surface area (Å²) in [6.45, 7) is 0.194. The number of nitriles is 1. The van der Waals surface area contributed by atoms with Gasteiger partial charge in [-0.2, -0.15) is 10.4 Å². The number of aromatic nitrogens is 2. The Labute approximate surface area is 118 Å². The van der Waals surface area contributed by atoms with Gasteiger partial charge in [-0.15, -0.1) is 0 Å². The number of hydrogen-bond acceptors (Lipinski definition) is 4. The third-order valence-electron chi connectivity index (χ3n) is 3.45. The van der Waals surface area contributed by atoms with Gasteiger partial charge in [0.2, 0.25) is 0 Å². The van der Waals surface area contributed by atoms with E-state index in [0.717, 1.165) is 31.4 Å². The number of hydrogen-bond donors (Lipinski definition) is 0. The van der Waals surface area contributed by atoms with Crippen molar-refractivity contribution in [2.75, 3.05) is 12.0 Å². The highest BCUT2D eigenvalue weighted by Crippen LogP contribution is 2.36. The highest BCUT2D eigenvalue weighted by molar-refractivity contribution is 7.90. The van der Waals surface area contributed by atoms with E-state index in [-0.39, 0.29) is 23.4 Å². The van der Waals surface area contributed by atoms with Gasteiger partial charge in [0.05, 0.1) is 18.0 Å². The number of sulfone groups is 1. The smallest absolute Gasteiger partial charge is 0.149 e. The molecule has 0 saturated heterocycles. The fourth-order valence-electron chi connectivity index (χ4n) is 2.45. The standard InChI is InChI=1S/C12H16ClN3O2S/c1-19(17,18)7-6-16-12(13)10(8-14)11(15-16)9-4-2-3-5-9/h9H,2-7H2,1H3. The van der Waals surface area contributed by atoms with Crippen LogP contribution in [0, 0.1) is 11.3 Å². The quantitative estimate of drug-likeness (QED) is 0.853. The van der Waals surface area contributed by atoms with Crippen LogP contribution >= 0.6 is 11.6 Å². The maximum Gasteiger partial charge on any atom is 0.149 e. The molecule has 0 radical (unpaired) electrons. The maximum atomic E-state index is 11.2. The Morgan fingerprint density at radius 3 is 2.63 bits per heavy atom. The first-order chi connectivity index (χ1) is 8.92. The minimum absolute atomic E-state index is 0.0244. The van der Waals surface area contributed by atoms with Gasteiger partial charge >= 0.3 is 0 Å². The first-order valence-electron chi connectivity index (χ1n) is 6.26. The van der Waals surface area contributed by atoms with Crippen molar-refractivity contribution in [3.63, 3.8) is 0 Å². The molecule has 1 heterocycles. The van der Waals surface area contributed by atoms with E-state index < -0.39 is 9.84 Å². The third-order valence-corrected chi connectivity index (χ3v) is 4.75. The molecule has 19 heavy (non-hydrogen) atoms. The SMILES string of the molecule is CS(=O)(=O)CCn1nc(C2CCCC2)c(C#N)c1Cl. The Morgan fingerprint density at radius 2 is 2.11 bits per heavy atom. The van der Waals surface area contributed by atoms with Gasteiger partial charge in [-0.25, -0.2) is 8.42 Å². The van der Waals surface area contributed by atoms with Crippen LogP contribution in [-0.4, -0.2) is 30.2 Å². The fourth-order valence-corrected chi connectivity index (χ4v) is 3.21. The number of rotatable bonds is 4. The summed E-state index contributed by atoms with van der Waals surface area (Å²) in [6.07, 6.45) is 5.50. The zero-order chi connectivity index (χ0) is 14.0. The van der Waals surface area contributed by atoms with Gasteiger partial charge in [0.1, 0.15) is 26.6 Å². The average molecular weight is 302 g/mol. The number of aryl methyl sites for hydroxylation is 1. The average Bonchev–Trinajstić information content (AvgIpc) is 2.93. The molecule has 5 nitrogen and oxygen atoms in total. The Kier molecular flexibility index (Phi) is 4.16. The molecule has 104 valence electrons. The monoisotopic (exact) mass is 301 g/mol. The zero-order valence-corrected chi connectivity index (χ0v) is 12.3. The van der Waals surface area contributed by atoms with Crippen LogP contribution in [0.25, 0.3) is 0 Å². The van der Waals surface area contributed by atoms with Crippen LogP contribution in [0.4, 0.5) is 0 Å². The molecule has 0 atom stereocenters. The number of nitrogens with zero attached hydrogens (tertiary/aromatic N) is 3. The van der Waals surface area contributed by atoms with E-state index in [1.807, 2.05) is 0 Å². The Hall–Kier alpha value is -1.06. The van der Waals surface area contributed by atoms with Gasteiger partial charge in [-0.05, 0) is 12.8 Å². The summed E-state index contributed by atoms with van der Waals surface area (Å²) in [7, 11) is -3.07. The van der Waals surface area contributed by atoms with Crippen LogP contribution < -0.4 is 0 Å². The molecule has 0 amide bonds. The zero-order valence-electron chi connectivity index (χ0n) is 10.8. The summed E-state index contributed by atoms with van der Waals surface area (Å²) in [4.78, 5) is 0. The summed E-state index contributed by atoms with van der Waals surface area (Å²) in [5.41, 5.74) is 1.14. The summed E-state index contributed by atoms with van der Waals surface area (Å²) in [6, 6.07) is 2.09. The molecule has 1 aliphatic rings. The van der Waals surface area contributed by atoms with E-state index in [1.165, 1.54) is 10.9 Å². The van der Waals surface area contributed by atoms with Gasteiger partial charge in [-0.1, -0.05) is 24.4 Å². The first kappa shape index (κ1) is 14.4. The van der Waals surface area contributed by atoms with Gasteiger partial charge < -0.3 is 0 Å². The fraction of sp³-hybridized carbons (Fsp3) is 0.667. The molecule has 0 aliphatic heterocycles. The van der Waals surface area contributed by atoms with E-state index in [1.54, 1.807) is 0 Å². The van der Waals surface area contributed by atoms with Crippen molar-refractivity contribution < 1.29 is 8.42 Å².